The molecule has 3 aromatic rings. The maximum atomic E-state index is 12.9. The van der Waals surface area contributed by atoms with E-state index in [1.54, 1.807) is 29.8 Å². The molecule has 28 heavy (non-hydrogen) atoms. The van der Waals surface area contributed by atoms with E-state index in [0.29, 0.717) is 25.1 Å². The van der Waals surface area contributed by atoms with Gasteiger partial charge >= 0.3 is 0 Å². The van der Waals surface area contributed by atoms with Crippen LogP contribution in [-0.2, 0) is 11.2 Å². The second-order valence-corrected chi connectivity index (χ2v) is 6.31. The second-order valence-electron chi connectivity index (χ2n) is 6.31. The summed E-state index contributed by atoms with van der Waals surface area (Å²) in [5.74, 6) is -0.503. The van der Waals surface area contributed by atoms with Gasteiger partial charge in [0.2, 0.25) is 5.82 Å². The SMILES string of the molecule is CCc1ccccc1NC(=O)c1nc(C(=O)NCCCOC)c2ccccn12. The fourth-order valence-electron chi connectivity index (χ4n) is 3.00. The number of amides is 2. The van der Waals surface area contributed by atoms with E-state index in [9.17, 15) is 9.59 Å². The zero-order valence-corrected chi connectivity index (χ0v) is 16.1. The Morgan fingerprint density at radius 2 is 1.89 bits per heavy atom. The maximum absolute atomic E-state index is 12.9. The lowest BCUT2D eigenvalue weighted by molar-refractivity contribution is 0.0946. The molecular weight excluding hydrogens is 356 g/mol. The van der Waals surface area contributed by atoms with Crippen molar-refractivity contribution in [3.05, 3.63) is 65.7 Å². The van der Waals surface area contributed by atoms with Crippen LogP contribution in [0.1, 0.15) is 40.0 Å². The molecule has 0 aliphatic heterocycles. The number of aromatic nitrogens is 2. The Balaban J connectivity index is 1.87. The van der Waals surface area contributed by atoms with E-state index in [1.165, 1.54) is 0 Å². The number of pyridine rings is 1. The number of ether oxygens (including phenoxy) is 1. The number of aryl methyl sites for hydroxylation is 1. The van der Waals surface area contributed by atoms with Crippen LogP contribution in [0.2, 0.25) is 0 Å². The summed E-state index contributed by atoms with van der Waals surface area (Å²) < 4.78 is 6.62. The van der Waals surface area contributed by atoms with Crippen molar-refractivity contribution in [3.63, 3.8) is 0 Å². The summed E-state index contributed by atoms with van der Waals surface area (Å²) in [6.07, 6.45) is 3.23. The van der Waals surface area contributed by atoms with Crippen molar-refractivity contribution in [2.45, 2.75) is 19.8 Å². The molecule has 3 rings (SSSR count). The molecule has 2 amide bonds. The summed E-state index contributed by atoms with van der Waals surface area (Å²) in [7, 11) is 1.62. The number of anilines is 1. The molecule has 0 bridgehead atoms. The number of imidazole rings is 1. The van der Waals surface area contributed by atoms with Crippen LogP contribution in [0.4, 0.5) is 5.69 Å². The van der Waals surface area contributed by atoms with Gasteiger partial charge in [0, 0.05) is 32.1 Å². The van der Waals surface area contributed by atoms with Crippen LogP contribution in [0.3, 0.4) is 0 Å². The van der Waals surface area contributed by atoms with E-state index >= 15 is 0 Å². The van der Waals surface area contributed by atoms with Crippen LogP contribution in [0.25, 0.3) is 5.52 Å². The molecule has 1 aromatic carbocycles. The highest BCUT2D eigenvalue weighted by atomic mass is 16.5. The molecule has 0 fully saturated rings. The van der Waals surface area contributed by atoms with E-state index < -0.39 is 0 Å². The molecule has 0 unspecified atom stereocenters. The maximum Gasteiger partial charge on any atom is 0.292 e. The molecule has 146 valence electrons. The molecule has 0 saturated carbocycles. The molecule has 2 N–H and O–H groups in total. The molecule has 0 spiro atoms. The molecule has 0 aliphatic rings. The summed E-state index contributed by atoms with van der Waals surface area (Å²) >= 11 is 0. The lowest BCUT2D eigenvalue weighted by atomic mass is 10.1. The Labute approximate surface area is 163 Å². The van der Waals surface area contributed by atoms with Gasteiger partial charge in [0.05, 0.1) is 5.52 Å². The van der Waals surface area contributed by atoms with Crippen LogP contribution in [0, 0.1) is 0 Å². The lowest BCUT2D eigenvalue weighted by Crippen LogP contribution is -2.26. The third kappa shape index (κ3) is 4.20. The molecule has 0 atom stereocenters. The number of hydrogen-bond acceptors (Lipinski definition) is 4. The van der Waals surface area contributed by atoms with Crippen molar-refractivity contribution in [2.24, 2.45) is 0 Å². The molecule has 0 saturated heterocycles. The lowest BCUT2D eigenvalue weighted by Gasteiger charge is -2.08. The Bertz CT molecular complexity index is 981. The largest absolute Gasteiger partial charge is 0.385 e. The van der Waals surface area contributed by atoms with Crippen molar-refractivity contribution in [1.82, 2.24) is 14.7 Å². The molecule has 2 heterocycles. The van der Waals surface area contributed by atoms with Crippen molar-refractivity contribution in [3.8, 4) is 0 Å². The highest BCUT2D eigenvalue weighted by molar-refractivity contribution is 6.06. The minimum atomic E-state index is -0.361. The van der Waals surface area contributed by atoms with Crippen LogP contribution < -0.4 is 10.6 Å². The predicted molar refractivity (Wildman–Crippen MR) is 108 cm³/mol. The fraction of sp³-hybridized carbons (Fsp3) is 0.286. The van der Waals surface area contributed by atoms with Gasteiger partial charge in [0.1, 0.15) is 0 Å². The first-order valence-corrected chi connectivity index (χ1v) is 9.29. The number of carbonyl (C=O) groups is 2. The van der Waals surface area contributed by atoms with Crippen LogP contribution in [0.5, 0.6) is 0 Å². The predicted octanol–water partition coefficient (Wildman–Crippen LogP) is 2.92. The minimum Gasteiger partial charge on any atom is -0.385 e. The summed E-state index contributed by atoms with van der Waals surface area (Å²) in [5, 5.41) is 5.73. The third-order valence-corrected chi connectivity index (χ3v) is 4.42. The van der Waals surface area contributed by atoms with Gasteiger partial charge in [-0.1, -0.05) is 31.2 Å². The second kappa shape index (κ2) is 9.14. The zero-order valence-electron chi connectivity index (χ0n) is 16.1. The molecule has 0 aliphatic carbocycles. The molecule has 7 nitrogen and oxygen atoms in total. The molecule has 2 aromatic heterocycles. The topological polar surface area (TPSA) is 84.7 Å². The van der Waals surface area contributed by atoms with Crippen molar-refractivity contribution >= 4 is 23.0 Å². The minimum absolute atomic E-state index is 0.170. The van der Waals surface area contributed by atoms with Crippen molar-refractivity contribution < 1.29 is 14.3 Å². The summed E-state index contributed by atoms with van der Waals surface area (Å²) in [5.41, 5.74) is 2.59. The molecule has 7 heteroatoms. The normalized spacial score (nSPS) is 10.8. The van der Waals surface area contributed by atoms with Crippen LogP contribution in [0.15, 0.2) is 48.7 Å². The first-order valence-electron chi connectivity index (χ1n) is 9.29. The van der Waals surface area contributed by atoms with Gasteiger partial charge in [-0.3, -0.25) is 14.0 Å². The number of rotatable bonds is 8. The number of hydrogen-bond donors (Lipinski definition) is 2. The molecule has 0 radical (unpaired) electrons. The van der Waals surface area contributed by atoms with Gasteiger partial charge in [-0.05, 0) is 36.6 Å². The number of para-hydroxylation sites is 1. The first kappa shape index (κ1) is 19.6. The third-order valence-electron chi connectivity index (χ3n) is 4.42. The highest BCUT2D eigenvalue weighted by Gasteiger charge is 2.21. The quantitative estimate of drug-likeness (QED) is 0.589. The Morgan fingerprint density at radius 3 is 2.68 bits per heavy atom. The van der Waals surface area contributed by atoms with E-state index in [0.717, 1.165) is 17.7 Å². The van der Waals surface area contributed by atoms with Crippen molar-refractivity contribution in [1.29, 1.82) is 0 Å². The van der Waals surface area contributed by atoms with E-state index in [-0.39, 0.29) is 23.3 Å². The highest BCUT2D eigenvalue weighted by Crippen LogP contribution is 2.18. The average molecular weight is 380 g/mol. The fourth-order valence-corrected chi connectivity index (χ4v) is 3.00. The zero-order chi connectivity index (χ0) is 19.9. The number of benzene rings is 1. The summed E-state index contributed by atoms with van der Waals surface area (Å²) in [4.78, 5) is 29.8. The summed E-state index contributed by atoms with van der Waals surface area (Å²) in [6.45, 7) is 3.07. The van der Waals surface area contributed by atoms with Crippen molar-refractivity contribution in [2.75, 3.05) is 25.6 Å². The van der Waals surface area contributed by atoms with Crippen LogP contribution in [-0.4, -0.2) is 41.5 Å². The summed E-state index contributed by atoms with van der Waals surface area (Å²) in [6, 6.07) is 13.0. The number of nitrogens with zero attached hydrogens (tertiary/aromatic N) is 2. The Hall–Kier alpha value is -3.19. The van der Waals surface area contributed by atoms with E-state index in [4.69, 9.17) is 4.74 Å². The van der Waals surface area contributed by atoms with Crippen LogP contribution >= 0.6 is 0 Å². The van der Waals surface area contributed by atoms with E-state index in [1.807, 2.05) is 37.3 Å². The smallest absolute Gasteiger partial charge is 0.292 e. The van der Waals surface area contributed by atoms with Gasteiger partial charge in [-0.25, -0.2) is 4.98 Å². The number of nitrogens with one attached hydrogen (secondary N) is 2. The number of fused-ring (bicyclic) bond motifs is 1. The Morgan fingerprint density at radius 1 is 1.11 bits per heavy atom. The number of methoxy groups -OCH3 is 1. The standard InChI is InChI=1S/C21H24N4O3/c1-3-15-9-4-5-10-16(15)23-21(27)19-24-18(17-11-6-7-13-25(17)19)20(26)22-12-8-14-28-2/h4-7,9-11,13H,3,8,12,14H2,1-2H3,(H,22,26)(H,23,27). The first-order chi connectivity index (χ1) is 13.7. The van der Waals surface area contributed by atoms with Gasteiger partial charge in [0.25, 0.3) is 11.8 Å². The van der Waals surface area contributed by atoms with E-state index in [2.05, 4.69) is 15.6 Å². The number of carbonyl (C=O) groups excluding carboxylic acids is 2. The molecular formula is C21H24N4O3. The monoisotopic (exact) mass is 380 g/mol. The van der Waals surface area contributed by atoms with Gasteiger partial charge in [-0.2, -0.15) is 0 Å². The average Bonchev–Trinajstić information content (AvgIpc) is 3.11. The van der Waals surface area contributed by atoms with Gasteiger partial charge in [-0.15, -0.1) is 0 Å². The Kier molecular flexibility index (Phi) is 6.39. The van der Waals surface area contributed by atoms with Gasteiger partial charge < -0.3 is 15.4 Å². The van der Waals surface area contributed by atoms with Gasteiger partial charge in [0.15, 0.2) is 5.69 Å².